The van der Waals surface area contributed by atoms with Crippen LogP contribution in [0.15, 0.2) is 47.5 Å². The van der Waals surface area contributed by atoms with E-state index in [1.165, 1.54) is 12.1 Å². The van der Waals surface area contributed by atoms with Gasteiger partial charge in [-0.2, -0.15) is 13.2 Å². The lowest BCUT2D eigenvalue weighted by Gasteiger charge is -2.15. The van der Waals surface area contributed by atoms with E-state index in [-0.39, 0.29) is 0 Å². The van der Waals surface area contributed by atoms with Crippen LogP contribution in [0.4, 0.5) is 13.2 Å². The van der Waals surface area contributed by atoms with Crippen LogP contribution in [0.2, 0.25) is 0 Å². The van der Waals surface area contributed by atoms with Gasteiger partial charge in [-0.1, -0.05) is 24.3 Å². The Morgan fingerprint density at radius 2 is 1.63 bits per heavy atom. The quantitative estimate of drug-likeness (QED) is 0.593. The summed E-state index contributed by atoms with van der Waals surface area (Å²) in [4.78, 5) is 4.12. The molecule has 0 radical (unpaired) electrons. The molecule has 2 N–H and O–H groups in total. The lowest BCUT2D eigenvalue weighted by molar-refractivity contribution is -0.137. The smallest absolute Gasteiger partial charge is 0.416 e. The minimum absolute atomic E-state index is 0.340. The van der Waals surface area contributed by atoms with Gasteiger partial charge in [0.2, 0.25) is 0 Å². The maximum Gasteiger partial charge on any atom is 0.416 e. The maximum atomic E-state index is 12.6. The number of rotatable bonds is 6. The number of guanidine groups is 1. The zero-order chi connectivity index (χ0) is 19.9. The summed E-state index contributed by atoms with van der Waals surface area (Å²) in [5, 5.41) is 6.21. The molecule has 0 unspecified atom stereocenters. The van der Waals surface area contributed by atoms with Crippen molar-refractivity contribution in [3.63, 3.8) is 0 Å². The fourth-order valence-electron chi connectivity index (χ4n) is 2.49. The van der Waals surface area contributed by atoms with Crippen molar-refractivity contribution in [3.05, 3.63) is 59.2 Å². The van der Waals surface area contributed by atoms with E-state index in [0.717, 1.165) is 17.7 Å². The Morgan fingerprint density at radius 1 is 0.963 bits per heavy atom. The second-order valence-corrected chi connectivity index (χ2v) is 5.63. The van der Waals surface area contributed by atoms with E-state index in [4.69, 9.17) is 9.47 Å². The highest BCUT2D eigenvalue weighted by atomic mass is 19.4. The number of benzene rings is 2. The van der Waals surface area contributed by atoms with Gasteiger partial charge in [-0.05, 0) is 23.8 Å². The number of aliphatic imine (C=N–C) groups is 1. The normalized spacial score (nSPS) is 11.9. The van der Waals surface area contributed by atoms with Gasteiger partial charge in [0.1, 0.15) is 0 Å². The average molecular weight is 381 g/mol. The predicted molar refractivity (Wildman–Crippen MR) is 98.0 cm³/mol. The molecule has 27 heavy (non-hydrogen) atoms. The molecule has 0 spiro atoms. The lowest BCUT2D eigenvalue weighted by atomic mass is 10.1. The van der Waals surface area contributed by atoms with Crippen molar-refractivity contribution in [2.24, 2.45) is 4.99 Å². The van der Waals surface area contributed by atoms with Gasteiger partial charge in [0.15, 0.2) is 17.5 Å². The van der Waals surface area contributed by atoms with Crippen molar-refractivity contribution in [2.75, 3.05) is 21.3 Å². The fourth-order valence-corrected chi connectivity index (χ4v) is 2.49. The molecule has 0 saturated carbocycles. The van der Waals surface area contributed by atoms with E-state index in [1.807, 2.05) is 12.1 Å². The molecule has 2 rings (SSSR count). The SMILES string of the molecule is CN=C(NCc1ccc(C(F)(F)F)cc1)NCc1cccc(OC)c1OC. The highest BCUT2D eigenvalue weighted by Crippen LogP contribution is 2.30. The lowest BCUT2D eigenvalue weighted by Crippen LogP contribution is -2.36. The average Bonchev–Trinajstić information content (AvgIpc) is 2.67. The van der Waals surface area contributed by atoms with Crippen LogP contribution in [0.3, 0.4) is 0 Å². The van der Waals surface area contributed by atoms with E-state index in [1.54, 1.807) is 27.3 Å². The van der Waals surface area contributed by atoms with Gasteiger partial charge in [-0.25, -0.2) is 0 Å². The molecule has 0 aliphatic heterocycles. The van der Waals surface area contributed by atoms with Gasteiger partial charge in [0, 0.05) is 25.7 Å². The largest absolute Gasteiger partial charge is 0.493 e. The minimum atomic E-state index is -4.33. The Labute approximate surface area is 156 Å². The fraction of sp³-hybridized carbons (Fsp3) is 0.316. The van der Waals surface area contributed by atoms with Crippen molar-refractivity contribution < 1.29 is 22.6 Å². The third-order valence-electron chi connectivity index (χ3n) is 3.90. The summed E-state index contributed by atoms with van der Waals surface area (Å²) in [5.41, 5.74) is 0.929. The van der Waals surface area contributed by atoms with Gasteiger partial charge in [0.25, 0.3) is 0 Å². The molecule has 0 fully saturated rings. The summed E-state index contributed by atoms with van der Waals surface area (Å²) in [6.07, 6.45) is -4.33. The van der Waals surface area contributed by atoms with Gasteiger partial charge in [-0.15, -0.1) is 0 Å². The van der Waals surface area contributed by atoms with E-state index < -0.39 is 11.7 Å². The summed E-state index contributed by atoms with van der Waals surface area (Å²) in [6, 6.07) is 10.6. The molecule has 0 bridgehead atoms. The summed E-state index contributed by atoms with van der Waals surface area (Å²) in [6.45, 7) is 0.778. The predicted octanol–water partition coefficient (Wildman–Crippen LogP) is 3.59. The molecule has 0 aliphatic rings. The number of para-hydroxylation sites is 1. The third-order valence-corrected chi connectivity index (χ3v) is 3.90. The second-order valence-electron chi connectivity index (χ2n) is 5.63. The van der Waals surface area contributed by atoms with Crippen molar-refractivity contribution in [1.29, 1.82) is 0 Å². The first-order chi connectivity index (χ1) is 12.9. The Balaban J connectivity index is 1.95. The zero-order valence-electron chi connectivity index (χ0n) is 15.4. The van der Waals surface area contributed by atoms with Gasteiger partial charge in [0.05, 0.1) is 19.8 Å². The third kappa shape index (κ3) is 5.54. The molecule has 0 aromatic heterocycles. The standard InChI is InChI=1S/C19H22F3N3O2/c1-23-18(24-11-13-7-9-15(10-8-13)19(20,21)22)25-12-14-5-4-6-16(26-2)17(14)27-3/h4-10H,11-12H2,1-3H3,(H2,23,24,25). The van der Waals surface area contributed by atoms with Crippen LogP contribution in [-0.2, 0) is 19.3 Å². The molecule has 2 aromatic rings. The number of hydrogen-bond acceptors (Lipinski definition) is 3. The molecule has 0 saturated heterocycles. The molecule has 8 heteroatoms. The van der Waals surface area contributed by atoms with Gasteiger partial charge >= 0.3 is 6.18 Å². The number of ether oxygens (including phenoxy) is 2. The van der Waals surface area contributed by atoms with Crippen molar-refractivity contribution in [2.45, 2.75) is 19.3 Å². The number of hydrogen-bond donors (Lipinski definition) is 2. The first-order valence-electron chi connectivity index (χ1n) is 8.19. The topological polar surface area (TPSA) is 54.9 Å². The molecule has 0 aliphatic carbocycles. The molecule has 0 heterocycles. The zero-order valence-corrected chi connectivity index (χ0v) is 15.4. The van der Waals surface area contributed by atoms with Crippen molar-refractivity contribution in [1.82, 2.24) is 10.6 Å². The van der Waals surface area contributed by atoms with Crippen LogP contribution in [0.1, 0.15) is 16.7 Å². The van der Waals surface area contributed by atoms with Crippen LogP contribution in [-0.4, -0.2) is 27.2 Å². The van der Waals surface area contributed by atoms with Gasteiger partial charge in [-0.3, -0.25) is 4.99 Å². The Bertz CT molecular complexity index is 775. The van der Waals surface area contributed by atoms with Crippen LogP contribution < -0.4 is 20.1 Å². The number of alkyl halides is 3. The van der Waals surface area contributed by atoms with E-state index in [2.05, 4.69) is 15.6 Å². The van der Waals surface area contributed by atoms with E-state index >= 15 is 0 Å². The van der Waals surface area contributed by atoms with Crippen LogP contribution in [0, 0.1) is 0 Å². The molecule has 0 atom stereocenters. The van der Waals surface area contributed by atoms with Gasteiger partial charge < -0.3 is 20.1 Å². The van der Waals surface area contributed by atoms with E-state index in [0.29, 0.717) is 36.1 Å². The monoisotopic (exact) mass is 381 g/mol. The first-order valence-corrected chi connectivity index (χ1v) is 8.19. The molecule has 0 amide bonds. The summed E-state index contributed by atoms with van der Waals surface area (Å²) >= 11 is 0. The highest BCUT2D eigenvalue weighted by molar-refractivity contribution is 5.79. The molecule has 146 valence electrons. The molecular weight excluding hydrogens is 359 g/mol. The van der Waals surface area contributed by atoms with Crippen LogP contribution in [0.5, 0.6) is 11.5 Å². The summed E-state index contributed by atoms with van der Waals surface area (Å²) in [7, 11) is 4.75. The number of halogens is 3. The van der Waals surface area contributed by atoms with Crippen molar-refractivity contribution in [3.8, 4) is 11.5 Å². The molecule has 5 nitrogen and oxygen atoms in total. The number of nitrogens with zero attached hydrogens (tertiary/aromatic N) is 1. The van der Waals surface area contributed by atoms with Crippen LogP contribution >= 0.6 is 0 Å². The Morgan fingerprint density at radius 3 is 2.19 bits per heavy atom. The first kappa shape index (κ1) is 20.4. The maximum absolute atomic E-state index is 12.6. The van der Waals surface area contributed by atoms with E-state index in [9.17, 15) is 13.2 Å². The van der Waals surface area contributed by atoms with Crippen molar-refractivity contribution >= 4 is 5.96 Å². The summed E-state index contributed by atoms with van der Waals surface area (Å²) in [5.74, 6) is 1.77. The highest BCUT2D eigenvalue weighted by Gasteiger charge is 2.29. The number of methoxy groups -OCH3 is 2. The Hall–Kier alpha value is -2.90. The Kier molecular flexibility index (Phi) is 6.92. The number of nitrogens with one attached hydrogen (secondary N) is 2. The molecule has 2 aromatic carbocycles. The second kappa shape index (κ2) is 9.16. The minimum Gasteiger partial charge on any atom is -0.493 e. The summed E-state index contributed by atoms with van der Waals surface area (Å²) < 4.78 is 48.5. The molecular formula is C19H22F3N3O2. The van der Waals surface area contributed by atoms with Crippen LogP contribution in [0.25, 0.3) is 0 Å².